The van der Waals surface area contributed by atoms with Gasteiger partial charge < -0.3 is 14.7 Å². The Morgan fingerprint density at radius 3 is 2.32 bits per heavy atom. The average molecular weight is 664 g/mol. The van der Waals surface area contributed by atoms with Crippen LogP contribution in [0.15, 0.2) is 72.8 Å². The summed E-state index contributed by atoms with van der Waals surface area (Å²) in [6.45, 7) is 2.95. The zero-order chi connectivity index (χ0) is 31.8. The summed E-state index contributed by atoms with van der Waals surface area (Å²) in [5.74, 6) is -3.77. The summed E-state index contributed by atoms with van der Waals surface area (Å²) >= 11 is 12.6. The molecule has 3 aromatic carbocycles. The number of hydrogen-bond acceptors (Lipinski definition) is 5. The lowest BCUT2D eigenvalue weighted by molar-refractivity contribution is -0.190. The Morgan fingerprint density at radius 2 is 1.73 bits per heavy atom. The van der Waals surface area contributed by atoms with E-state index in [1.165, 1.54) is 30.0 Å². The third-order valence-electron chi connectivity index (χ3n) is 8.23. The van der Waals surface area contributed by atoms with Gasteiger partial charge in [-0.2, -0.15) is 0 Å². The van der Waals surface area contributed by atoms with Gasteiger partial charge in [0, 0.05) is 10.0 Å². The van der Waals surface area contributed by atoms with Gasteiger partial charge in [-0.15, -0.1) is 0 Å². The quantitative estimate of drug-likeness (QED) is 0.247. The number of amides is 1. The van der Waals surface area contributed by atoms with Crippen molar-refractivity contribution in [1.29, 1.82) is 0 Å². The van der Waals surface area contributed by atoms with Crippen LogP contribution in [0.3, 0.4) is 0 Å². The van der Waals surface area contributed by atoms with E-state index in [9.17, 15) is 23.1 Å². The lowest BCUT2D eigenvalue weighted by atomic mass is 9.88. The number of nitrogens with zero attached hydrogens (tertiary/aromatic N) is 2. The van der Waals surface area contributed by atoms with Crippen molar-refractivity contribution in [3.8, 4) is 0 Å². The van der Waals surface area contributed by atoms with Gasteiger partial charge in [-0.1, -0.05) is 66.5 Å². The first-order valence-corrected chi connectivity index (χ1v) is 16.7. The number of anilines is 1. The van der Waals surface area contributed by atoms with E-state index in [-0.39, 0.29) is 18.7 Å². The molecule has 1 saturated heterocycles. The van der Waals surface area contributed by atoms with Gasteiger partial charge in [0.15, 0.2) is 0 Å². The number of carboxylic acid groups (broad SMARTS) is 1. The van der Waals surface area contributed by atoms with Crippen LogP contribution in [0.2, 0.25) is 10.0 Å². The van der Waals surface area contributed by atoms with Crippen molar-refractivity contribution in [2.45, 2.75) is 62.7 Å². The normalized spacial score (nSPS) is 22.0. The highest BCUT2D eigenvalue weighted by molar-refractivity contribution is 7.93. The smallest absolute Gasteiger partial charge is 0.309 e. The van der Waals surface area contributed by atoms with Gasteiger partial charge in [0.1, 0.15) is 18.0 Å². The van der Waals surface area contributed by atoms with E-state index in [1.807, 2.05) is 0 Å². The van der Waals surface area contributed by atoms with Crippen LogP contribution in [0.1, 0.15) is 56.4 Å². The molecule has 1 saturated carbocycles. The standard InChI is InChI=1S/C32H33Cl2FN2O6S/c1-3-24(18-36(44(41,42)25-15-16-25)27-10-5-4-9-26(27)35)37-28(20-11-13-22(33)14-12-20)30(21-7-6-8-23(34)17-21)43-29(31(37)38)19(2)32(39)40/h4-14,17,19,24-25,28-30H,3,15-16,18H2,1-2H3,(H,39,40)/t19-,24+,28+,29-,30+/m0/s1. The number of rotatable bonds is 11. The monoisotopic (exact) mass is 662 g/mol. The minimum atomic E-state index is -3.97. The first-order chi connectivity index (χ1) is 20.9. The molecule has 1 aliphatic heterocycles. The van der Waals surface area contributed by atoms with Crippen LogP contribution < -0.4 is 4.31 Å². The number of aliphatic carboxylic acids is 1. The van der Waals surface area contributed by atoms with Crippen LogP contribution in [-0.2, 0) is 24.3 Å². The van der Waals surface area contributed by atoms with E-state index >= 15 is 4.39 Å². The van der Waals surface area contributed by atoms with Crippen molar-refractivity contribution in [3.05, 3.63) is 99.8 Å². The maximum Gasteiger partial charge on any atom is 0.309 e. The Hall–Kier alpha value is -3.18. The first kappa shape index (κ1) is 32.2. The molecule has 5 atom stereocenters. The van der Waals surface area contributed by atoms with Crippen molar-refractivity contribution in [1.82, 2.24) is 4.90 Å². The zero-order valence-electron chi connectivity index (χ0n) is 24.1. The summed E-state index contributed by atoms with van der Waals surface area (Å²) in [5.41, 5.74) is 1.13. The SMILES string of the molecule is CC[C@H](CN(c1ccccc1F)S(=O)(=O)C1CC1)N1C(=O)[C@H]([C@H](C)C(=O)O)O[C@H](c2cccc(Cl)c2)[C@H]1c1ccc(Cl)cc1. The van der Waals surface area contributed by atoms with Crippen molar-refractivity contribution in [3.63, 3.8) is 0 Å². The van der Waals surface area contributed by atoms with E-state index in [4.69, 9.17) is 27.9 Å². The Bertz CT molecular complexity index is 1640. The van der Waals surface area contributed by atoms with Gasteiger partial charge in [-0.3, -0.25) is 13.9 Å². The van der Waals surface area contributed by atoms with Gasteiger partial charge >= 0.3 is 5.97 Å². The van der Waals surface area contributed by atoms with Crippen molar-refractivity contribution < 1.29 is 32.2 Å². The van der Waals surface area contributed by atoms with E-state index in [0.717, 1.165) is 4.31 Å². The molecule has 2 fully saturated rings. The molecule has 3 aromatic rings. The molecule has 0 spiro atoms. The van der Waals surface area contributed by atoms with E-state index < -0.39 is 63.2 Å². The number of halogens is 3. The topological polar surface area (TPSA) is 104 Å². The molecule has 12 heteroatoms. The van der Waals surface area contributed by atoms with Gasteiger partial charge in [0.05, 0.1) is 35.5 Å². The first-order valence-electron chi connectivity index (χ1n) is 14.4. The highest BCUT2D eigenvalue weighted by atomic mass is 35.5. The molecule has 0 aromatic heterocycles. The number of carbonyl (C=O) groups is 2. The molecule has 8 nitrogen and oxygen atoms in total. The van der Waals surface area contributed by atoms with Crippen LogP contribution in [0.25, 0.3) is 0 Å². The number of carbonyl (C=O) groups excluding carboxylic acids is 1. The molecule has 1 amide bonds. The minimum Gasteiger partial charge on any atom is -0.481 e. The molecule has 0 bridgehead atoms. The summed E-state index contributed by atoms with van der Waals surface area (Å²) in [7, 11) is -3.97. The summed E-state index contributed by atoms with van der Waals surface area (Å²) in [6.07, 6.45) is -1.07. The molecule has 1 heterocycles. The number of morpholine rings is 1. The largest absolute Gasteiger partial charge is 0.481 e. The van der Waals surface area contributed by atoms with Crippen LogP contribution in [0, 0.1) is 11.7 Å². The second kappa shape index (κ2) is 13.0. The molecule has 0 unspecified atom stereocenters. The Balaban J connectivity index is 1.68. The number of hydrogen-bond donors (Lipinski definition) is 1. The number of benzene rings is 3. The molecule has 5 rings (SSSR count). The Kier molecular flexibility index (Phi) is 9.55. The Labute approximate surface area is 266 Å². The maximum absolute atomic E-state index is 15.2. The molecule has 0 radical (unpaired) electrons. The number of carboxylic acids is 1. The fourth-order valence-electron chi connectivity index (χ4n) is 5.67. The predicted octanol–water partition coefficient (Wildman–Crippen LogP) is 6.64. The second-order valence-corrected chi connectivity index (χ2v) is 14.2. The predicted molar refractivity (Wildman–Crippen MR) is 167 cm³/mol. The summed E-state index contributed by atoms with van der Waals surface area (Å²) in [6, 6.07) is 17.7. The molecule has 1 aliphatic carbocycles. The molecule has 2 aliphatic rings. The number of ether oxygens (including phenoxy) is 1. The maximum atomic E-state index is 15.2. The lowest BCUT2D eigenvalue weighted by Crippen LogP contribution is -2.59. The van der Waals surface area contributed by atoms with Crippen molar-refractivity contribution in [2.24, 2.45) is 5.92 Å². The van der Waals surface area contributed by atoms with Crippen LogP contribution in [0.5, 0.6) is 0 Å². The fraction of sp³-hybridized carbons (Fsp3) is 0.375. The molecular weight excluding hydrogens is 630 g/mol. The molecular formula is C32H33Cl2FN2O6S. The van der Waals surface area contributed by atoms with Crippen LogP contribution in [0.4, 0.5) is 10.1 Å². The zero-order valence-corrected chi connectivity index (χ0v) is 26.5. The highest BCUT2D eigenvalue weighted by Gasteiger charge is 2.51. The third kappa shape index (κ3) is 6.44. The lowest BCUT2D eigenvalue weighted by Gasteiger charge is -2.49. The van der Waals surface area contributed by atoms with Gasteiger partial charge in [0.25, 0.3) is 5.91 Å². The third-order valence-corrected chi connectivity index (χ3v) is 11.0. The van der Waals surface area contributed by atoms with Crippen molar-refractivity contribution >= 4 is 50.8 Å². The Morgan fingerprint density at radius 1 is 1.05 bits per heavy atom. The highest BCUT2D eigenvalue weighted by Crippen LogP contribution is 2.46. The van der Waals surface area contributed by atoms with E-state index in [2.05, 4.69) is 0 Å². The minimum absolute atomic E-state index is 0.108. The van der Waals surface area contributed by atoms with Crippen LogP contribution in [-0.4, -0.2) is 54.2 Å². The van der Waals surface area contributed by atoms with Crippen molar-refractivity contribution in [2.75, 3.05) is 10.8 Å². The average Bonchev–Trinajstić information content (AvgIpc) is 3.85. The summed E-state index contributed by atoms with van der Waals surface area (Å²) < 4.78 is 50.1. The van der Waals surface area contributed by atoms with Crippen LogP contribution >= 0.6 is 23.2 Å². The second-order valence-electron chi connectivity index (χ2n) is 11.2. The van der Waals surface area contributed by atoms with Gasteiger partial charge in [-0.25, -0.2) is 12.8 Å². The molecule has 234 valence electrons. The van der Waals surface area contributed by atoms with E-state index in [1.54, 1.807) is 61.5 Å². The fourth-order valence-corrected chi connectivity index (χ4v) is 7.89. The van der Waals surface area contributed by atoms with E-state index in [0.29, 0.717) is 34.0 Å². The number of sulfonamides is 1. The van der Waals surface area contributed by atoms with Gasteiger partial charge in [-0.05, 0) is 73.7 Å². The number of para-hydroxylation sites is 1. The molecule has 1 N–H and O–H groups in total. The summed E-state index contributed by atoms with van der Waals surface area (Å²) in [5, 5.41) is 10.2. The van der Waals surface area contributed by atoms with Gasteiger partial charge in [0.2, 0.25) is 10.0 Å². The summed E-state index contributed by atoms with van der Waals surface area (Å²) in [4.78, 5) is 28.1. The molecule has 44 heavy (non-hydrogen) atoms.